The summed E-state index contributed by atoms with van der Waals surface area (Å²) in [4.78, 5) is 25.3. The first-order valence-corrected chi connectivity index (χ1v) is 6.32. The molecule has 2 N–H and O–H groups in total. The second-order valence-electron chi connectivity index (χ2n) is 4.73. The maximum absolute atomic E-state index is 11.7. The first-order chi connectivity index (χ1) is 9.43. The monoisotopic (exact) mass is 279 g/mol. The van der Waals surface area contributed by atoms with E-state index in [0.717, 1.165) is 5.69 Å². The highest BCUT2D eigenvalue weighted by atomic mass is 16.5. The van der Waals surface area contributed by atoms with Gasteiger partial charge in [0.25, 0.3) is 0 Å². The lowest BCUT2D eigenvalue weighted by Crippen LogP contribution is -2.42. The van der Waals surface area contributed by atoms with Gasteiger partial charge in [0.05, 0.1) is 6.61 Å². The van der Waals surface area contributed by atoms with Gasteiger partial charge in [0, 0.05) is 38.6 Å². The van der Waals surface area contributed by atoms with Gasteiger partial charge >= 0.3 is 11.8 Å². The quantitative estimate of drug-likeness (QED) is 0.784. The molecule has 0 bridgehead atoms. The van der Waals surface area contributed by atoms with Gasteiger partial charge in [-0.3, -0.25) is 9.59 Å². The Hall–Kier alpha value is -2.08. The van der Waals surface area contributed by atoms with E-state index in [0.29, 0.717) is 12.3 Å². The molecule has 1 aromatic carbocycles. The predicted octanol–water partition coefficient (Wildman–Crippen LogP) is 0.842. The van der Waals surface area contributed by atoms with Crippen molar-refractivity contribution in [2.45, 2.75) is 13.0 Å². The average Bonchev–Trinajstić information content (AvgIpc) is 2.39. The standard InChI is InChI=1S/C14H21N3O3/c1-10(9-20-4)15-13(18)14(19)16-11-5-7-12(8-6-11)17(2)3/h5-8,10H,9H2,1-4H3,(H,15,18)(H,16,19)/t10-/m1/s1. The van der Waals surface area contributed by atoms with Crippen LogP contribution < -0.4 is 15.5 Å². The van der Waals surface area contributed by atoms with Crippen LogP contribution in [0.4, 0.5) is 11.4 Å². The number of hydrogen-bond acceptors (Lipinski definition) is 4. The molecule has 2 amide bonds. The normalized spacial score (nSPS) is 11.6. The zero-order valence-electron chi connectivity index (χ0n) is 12.3. The van der Waals surface area contributed by atoms with Crippen molar-refractivity contribution in [2.24, 2.45) is 0 Å². The van der Waals surface area contributed by atoms with E-state index in [1.807, 2.05) is 31.1 Å². The lowest BCUT2D eigenvalue weighted by atomic mass is 10.2. The van der Waals surface area contributed by atoms with Crippen molar-refractivity contribution in [3.05, 3.63) is 24.3 Å². The highest BCUT2D eigenvalue weighted by Crippen LogP contribution is 2.15. The number of benzene rings is 1. The van der Waals surface area contributed by atoms with E-state index in [1.54, 1.807) is 19.1 Å². The van der Waals surface area contributed by atoms with Gasteiger partial charge in [-0.15, -0.1) is 0 Å². The highest BCUT2D eigenvalue weighted by molar-refractivity contribution is 6.39. The summed E-state index contributed by atoms with van der Waals surface area (Å²) in [7, 11) is 5.39. The Morgan fingerprint density at radius 1 is 1.20 bits per heavy atom. The molecule has 20 heavy (non-hydrogen) atoms. The number of rotatable bonds is 5. The number of ether oxygens (including phenoxy) is 1. The molecule has 0 aliphatic heterocycles. The third-order valence-corrected chi connectivity index (χ3v) is 2.64. The fourth-order valence-corrected chi connectivity index (χ4v) is 1.61. The van der Waals surface area contributed by atoms with Crippen LogP contribution in [0.3, 0.4) is 0 Å². The minimum absolute atomic E-state index is 0.214. The molecule has 0 heterocycles. The number of methoxy groups -OCH3 is 1. The highest BCUT2D eigenvalue weighted by Gasteiger charge is 2.16. The molecule has 6 nitrogen and oxygen atoms in total. The number of amides is 2. The van der Waals surface area contributed by atoms with E-state index in [9.17, 15) is 9.59 Å². The molecular weight excluding hydrogens is 258 g/mol. The third-order valence-electron chi connectivity index (χ3n) is 2.64. The molecule has 110 valence electrons. The third kappa shape index (κ3) is 4.89. The predicted molar refractivity (Wildman–Crippen MR) is 78.9 cm³/mol. The van der Waals surface area contributed by atoms with Crippen LogP contribution in [0, 0.1) is 0 Å². The summed E-state index contributed by atoms with van der Waals surface area (Å²) in [5.74, 6) is -1.36. The van der Waals surface area contributed by atoms with Crippen LogP contribution >= 0.6 is 0 Å². The van der Waals surface area contributed by atoms with Crippen molar-refractivity contribution >= 4 is 23.2 Å². The summed E-state index contributed by atoms with van der Waals surface area (Å²) >= 11 is 0. The maximum Gasteiger partial charge on any atom is 0.313 e. The van der Waals surface area contributed by atoms with E-state index in [2.05, 4.69) is 10.6 Å². The molecule has 6 heteroatoms. The Labute approximate surface area is 119 Å². The molecule has 0 unspecified atom stereocenters. The second kappa shape index (κ2) is 7.49. The smallest absolute Gasteiger partial charge is 0.313 e. The lowest BCUT2D eigenvalue weighted by Gasteiger charge is -2.14. The van der Waals surface area contributed by atoms with Crippen LogP contribution in [-0.4, -0.2) is 45.7 Å². The number of nitrogens with one attached hydrogen (secondary N) is 2. The van der Waals surface area contributed by atoms with Crippen LogP contribution in [0.1, 0.15) is 6.92 Å². The molecule has 0 aliphatic carbocycles. The summed E-state index contributed by atoms with van der Waals surface area (Å²) in [5, 5.41) is 5.09. The van der Waals surface area contributed by atoms with Crippen LogP contribution in [0.25, 0.3) is 0 Å². The van der Waals surface area contributed by atoms with Crippen LogP contribution in [-0.2, 0) is 14.3 Å². The van der Waals surface area contributed by atoms with Gasteiger partial charge in [0.1, 0.15) is 0 Å². The molecule has 0 aromatic heterocycles. The summed E-state index contributed by atoms with van der Waals surface area (Å²) in [6.45, 7) is 2.12. The molecule has 1 rings (SSSR count). The molecule has 1 aromatic rings. The van der Waals surface area contributed by atoms with E-state index in [4.69, 9.17) is 4.74 Å². The van der Waals surface area contributed by atoms with Gasteiger partial charge in [0.2, 0.25) is 0 Å². The number of hydrogen-bond donors (Lipinski definition) is 2. The molecule has 0 fully saturated rings. The van der Waals surface area contributed by atoms with Gasteiger partial charge < -0.3 is 20.3 Å². The van der Waals surface area contributed by atoms with Crippen LogP contribution in [0.5, 0.6) is 0 Å². The largest absolute Gasteiger partial charge is 0.383 e. The van der Waals surface area contributed by atoms with Gasteiger partial charge in [-0.2, -0.15) is 0 Å². The topological polar surface area (TPSA) is 70.7 Å². The number of carbonyl (C=O) groups is 2. The zero-order chi connectivity index (χ0) is 15.1. The Kier molecular flexibility index (Phi) is 5.99. The number of nitrogens with zero attached hydrogens (tertiary/aromatic N) is 1. The summed E-state index contributed by atoms with van der Waals surface area (Å²) in [6.07, 6.45) is 0. The number of carbonyl (C=O) groups excluding carboxylic acids is 2. The fraction of sp³-hybridized carbons (Fsp3) is 0.429. The van der Waals surface area contributed by atoms with Crippen LogP contribution in [0.15, 0.2) is 24.3 Å². The van der Waals surface area contributed by atoms with Crippen molar-refractivity contribution in [2.75, 3.05) is 38.0 Å². The Bertz CT molecular complexity index is 457. The van der Waals surface area contributed by atoms with E-state index in [-0.39, 0.29) is 6.04 Å². The first-order valence-electron chi connectivity index (χ1n) is 6.32. The SMILES string of the molecule is COC[C@@H](C)NC(=O)C(=O)Nc1ccc(N(C)C)cc1. The molecule has 0 radical (unpaired) electrons. The minimum atomic E-state index is -0.689. The minimum Gasteiger partial charge on any atom is -0.383 e. The average molecular weight is 279 g/mol. The van der Waals surface area contributed by atoms with E-state index < -0.39 is 11.8 Å². The first kappa shape index (κ1) is 16.0. The van der Waals surface area contributed by atoms with Gasteiger partial charge in [-0.1, -0.05) is 0 Å². The van der Waals surface area contributed by atoms with E-state index >= 15 is 0 Å². The van der Waals surface area contributed by atoms with Crippen molar-refractivity contribution in [1.82, 2.24) is 5.32 Å². The molecule has 0 aliphatic rings. The Morgan fingerprint density at radius 3 is 2.30 bits per heavy atom. The van der Waals surface area contributed by atoms with Gasteiger partial charge in [-0.05, 0) is 31.2 Å². The summed E-state index contributed by atoms with van der Waals surface area (Å²) < 4.78 is 4.89. The zero-order valence-corrected chi connectivity index (χ0v) is 12.3. The summed E-state index contributed by atoms with van der Waals surface area (Å²) in [6, 6.07) is 7.01. The Morgan fingerprint density at radius 2 is 1.80 bits per heavy atom. The Balaban J connectivity index is 2.55. The van der Waals surface area contributed by atoms with Crippen molar-refractivity contribution in [3.63, 3.8) is 0 Å². The molecule has 0 saturated carbocycles. The molecule has 0 saturated heterocycles. The molecule has 0 spiro atoms. The van der Waals surface area contributed by atoms with Gasteiger partial charge in [0.15, 0.2) is 0 Å². The fourth-order valence-electron chi connectivity index (χ4n) is 1.61. The maximum atomic E-state index is 11.7. The van der Waals surface area contributed by atoms with Crippen molar-refractivity contribution < 1.29 is 14.3 Å². The van der Waals surface area contributed by atoms with Crippen molar-refractivity contribution in [3.8, 4) is 0 Å². The summed E-state index contributed by atoms with van der Waals surface area (Å²) in [5.41, 5.74) is 1.59. The van der Waals surface area contributed by atoms with Gasteiger partial charge in [-0.25, -0.2) is 0 Å². The molecule has 1 atom stereocenters. The van der Waals surface area contributed by atoms with E-state index in [1.165, 1.54) is 7.11 Å². The number of anilines is 2. The van der Waals surface area contributed by atoms with Crippen molar-refractivity contribution in [1.29, 1.82) is 0 Å². The second-order valence-corrected chi connectivity index (χ2v) is 4.73. The lowest BCUT2D eigenvalue weighted by molar-refractivity contribution is -0.136. The molecular formula is C14H21N3O3. The van der Waals surface area contributed by atoms with Crippen LogP contribution in [0.2, 0.25) is 0 Å².